The summed E-state index contributed by atoms with van der Waals surface area (Å²) in [5, 5.41) is 8.63. The first kappa shape index (κ1) is 14.3. The van der Waals surface area contributed by atoms with Crippen molar-refractivity contribution in [1.29, 1.82) is 0 Å². The number of benzene rings is 2. The molecule has 5 heteroatoms. The van der Waals surface area contributed by atoms with E-state index < -0.39 is 0 Å². The van der Waals surface area contributed by atoms with Gasteiger partial charge in [-0.25, -0.2) is 0 Å². The predicted molar refractivity (Wildman–Crippen MR) is 88.9 cm³/mol. The van der Waals surface area contributed by atoms with E-state index >= 15 is 0 Å². The van der Waals surface area contributed by atoms with Crippen LogP contribution in [0.15, 0.2) is 53.0 Å². The molecule has 3 rings (SSSR count). The van der Waals surface area contributed by atoms with Crippen LogP contribution in [0.25, 0.3) is 17.1 Å². The molecular weight excluding hydrogens is 350 g/mol. The maximum Gasteiger partial charge on any atom is 0.229 e. The van der Waals surface area contributed by atoms with Gasteiger partial charge in [-0.05, 0) is 41.8 Å². The van der Waals surface area contributed by atoms with Crippen molar-refractivity contribution < 1.29 is 0 Å². The van der Waals surface area contributed by atoms with Crippen LogP contribution in [0.5, 0.6) is 0 Å². The van der Waals surface area contributed by atoms with Gasteiger partial charge in [-0.3, -0.25) is 4.57 Å². The summed E-state index contributed by atoms with van der Waals surface area (Å²) in [5.74, 6) is 0.748. The number of aromatic nitrogens is 3. The molecule has 106 valence electrons. The monoisotopic (exact) mass is 361 g/mol. The second kappa shape index (κ2) is 6.00. The third-order valence-corrected chi connectivity index (χ3v) is 4.06. The maximum atomic E-state index is 6.28. The van der Waals surface area contributed by atoms with Crippen molar-refractivity contribution in [3.63, 3.8) is 0 Å². The normalized spacial score (nSPS) is 10.8. The Labute approximate surface area is 136 Å². The van der Waals surface area contributed by atoms with E-state index in [9.17, 15) is 0 Å². The zero-order valence-corrected chi connectivity index (χ0v) is 13.8. The van der Waals surface area contributed by atoms with Crippen molar-refractivity contribution in [1.82, 2.24) is 14.8 Å². The summed E-state index contributed by atoms with van der Waals surface area (Å²) >= 11 is 9.78. The molecule has 0 atom stereocenters. The van der Waals surface area contributed by atoms with Gasteiger partial charge in [0.25, 0.3) is 0 Å². The predicted octanol–water partition coefficient (Wildman–Crippen LogP) is 4.91. The van der Waals surface area contributed by atoms with Gasteiger partial charge in [-0.15, -0.1) is 10.2 Å². The third-order valence-electron chi connectivity index (χ3n) is 3.32. The summed E-state index contributed by atoms with van der Waals surface area (Å²) in [7, 11) is 0. The van der Waals surface area contributed by atoms with E-state index in [-0.39, 0.29) is 0 Å². The van der Waals surface area contributed by atoms with Gasteiger partial charge < -0.3 is 0 Å². The lowest BCUT2D eigenvalue weighted by molar-refractivity contribution is 1.01. The summed E-state index contributed by atoms with van der Waals surface area (Å²) in [6, 6.07) is 16.1. The Kier molecular flexibility index (Phi) is 4.08. The molecule has 0 fully saturated rings. The number of aryl methyl sites for hydroxylation is 1. The first-order valence-electron chi connectivity index (χ1n) is 6.66. The number of hydrogen-bond donors (Lipinski definition) is 0. The van der Waals surface area contributed by atoms with Crippen molar-refractivity contribution in [2.75, 3.05) is 0 Å². The summed E-state index contributed by atoms with van der Waals surface area (Å²) in [6.07, 6.45) is 0.900. The van der Waals surface area contributed by atoms with Crippen molar-refractivity contribution in [2.24, 2.45) is 0 Å². The van der Waals surface area contributed by atoms with Crippen molar-refractivity contribution in [2.45, 2.75) is 13.3 Å². The third kappa shape index (κ3) is 2.74. The van der Waals surface area contributed by atoms with Crippen LogP contribution in [0.4, 0.5) is 0 Å². The second-order valence-electron chi connectivity index (χ2n) is 4.62. The SMILES string of the molecule is CCc1cc(Br)ccc1-n1c(Cl)nnc1-c1ccccc1. The molecule has 0 spiro atoms. The Morgan fingerprint density at radius 1 is 1.10 bits per heavy atom. The van der Waals surface area contributed by atoms with Crippen molar-refractivity contribution >= 4 is 27.5 Å². The molecule has 0 unspecified atom stereocenters. The molecule has 3 aromatic rings. The Bertz CT molecular complexity index is 768. The van der Waals surface area contributed by atoms with Gasteiger partial charge in [0, 0.05) is 10.0 Å². The molecule has 0 amide bonds. The molecule has 0 saturated carbocycles. The summed E-state index contributed by atoms with van der Waals surface area (Å²) in [6.45, 7) is 2.12. The molecule has 0 aliphatic rings. The zero-order valence-electron chi connectivity index (χ0n) is 11.4. The van der Waals surface area contributed by atoms with Gasteiger partial charge in [-0.2, -0.15) is 0 Å². The highest BCUT2D eigenvalue weighted by Gasteiger charge is 2.16. The summed E-state index contributed by atoms with van der Waals surface area (Å²) < 4.78 is 2.94. The first-order valence-corrected chi connectivity index (χ1v) is 7.83. The average Bonchev–Trinajstić information content (AvgIpc) is 2.89. The minimum absolute atomic E-state index is 0.367. The topological polar surface area (TPSA) is 30.7 Å². The molecule has 21 heavy (non-hydrogen) atoms. The molecule has 0 N–H and O–H groups in total. The quantitative estimate of drug-likeness (QED) is 0.662. The van der Waals surface area contributed by atoms with Gasteiger partial charge in [0.15, 0.2) is 5.82 Å². The molecule has 3 nitrogen and oxygen atoms in total. The highest BCUT2D eigenvalue weighted by molar-refractivity contribution is 9.10. The van der Waals surface area contributed by atoms with Crippen LogP contribution in [0.3, 0.4) is 0 Å². The van der Waals surface area contributed by atoms with Gasteiger partial charge in [0.1, 0.15) is 0 Å². The zero-order chi connectivity index (χ0) is 14.8. The molecule has 0 aliphatic heterocycles. The summed E-state index contributed by atoms with van der Waals surface area (Å²) in [4.78, 5) is 0. The van der Waals surface area contributed by atoms with Gasteiger partial charge in [0.05, 0.1) is 5.69 Å². The Morgan fingerprint density at radius 2 is 1.86 bits per heavy atom. The summed E-state index contributed by atoms with van der Waals surface area (Å²) in [5.41, 5.74) is 3.18. The fraction of sp³-hybridized carbons (Fsp3) is 0.125. The number of rotatable bonds is 3. The van der Waals surface area contributed by atoms with E-state index in [2.05, 4.69) is 39.1 Å². The van der Waals surface area contributed by atoms with E-state index in [1.807, 2.05) is 47.0 Å². The first-order chi connectivity index (χ1) is 10.2. The molecule has 0 saturated heterocycles. The lowest BCUT2D eigenvalue weighted by atomic mass is 10.1. The highest BCUT2D eigenvalue weighted by Crippen LogP contribution is 2.28. The molecule has 0 bridgehead atoms. The second-order valence-corrected chi connectivity index (χ2v) is 5.87. The van der Waals surface area contributed by atoms with Gasteiger partial charge >= 0.3 is 0 Å². The Hall–Kier alpha value is -1.65. The Balaban J connectivity index is 2.22. The molecule has 2 aromatic carbocycles. The average molecular weight is 363 g/mol. The van der Waals surface area contributed by atoms with E-state index in [0.717, 1.165) is 28.0 Å². The largest absolute Gasteiger partial charge is 0.265 e. The van der Waals surface area contributed by atoms with E-state index in [1.165, 1.54) is 5.56 Å². The minimum Gasteiger partial charge on any atom is -0.265 e. The number of hydrogen-bond acceptors (Lipinski definition) is 2. The minimum atomic E-state index is 0.367. The fourth-order valence-corrected chi connectivity index (χ4v) is 2.93. The van der Waals surface area contributed by atoms with Crippen LogP contribution < -0.4 is 0 Å². The molecule has 0 aliphatic carbocycles. The maximum absolute atomic E-state index is 6.28. The Morgan fingerprint density at radius 3 is 2.57 bits per heavy atom. The molecule has 1 heterocycles. The lowest BCUT2D eigenvalue weighted by Crippen LogP contribution is -2.02. The van der Waals surface area contributed by atoms with Crippen LogP contribution in [0.2, 0.25) is 5.28 Å². The van der Waals surface area contributed by atoms with Crippen LogP contribution in [-0.2, 0) is 6.42 Å². The van der Waals surface area contributed by atoms with E-state index in [4.69, 9.17) is 11.6 Å². The van der Waals surface area contributed by atoms with Crippen molar-refractivity contribution in [3.05, 3.63) is 63.9 Å². The smallest absolute Gasteiger partial charge is 0.229 e. The van der Waals surface area contributed by atoms with Crippen LogP contribution in [0, 0.1) is 0 Å². The van der Waals surface area contributed by atoms with Crippen LogP contribution in [0.1, 0.15) is 12.5 Å². The van der Waals surface area contributed by atoms with E-state index in [1.54, 1.807) is 0 Å². The fourth-order valence-electron chi connectivity index (χ4n) is 2.31. The van der Waals surface area contributed by atoms with Crippen molar-refractivity contribution in [3.8, 4) is 17.1 Å². The standard InChI is InChI=1S/C16H13BrClN3/c1-2-11-10-13(17)8-9-14(11)21-15(19-20-16(21)18)12-6-4-3-5-7-12/h3-10H,2H2,1H3. The van der Waals surface area contributed by atoms with Crippen LogP contribution >= 0.6 is 27.5 Å². The van der Waals surface area contributed by atoms with Crippen LogP contribution in [-0.4, -0.2) is 14.8 Å². The number of halogens is 2. The number of nitrogens with zero attached hydrogens (tertiary/aromatic N) is 3. The lowest BCUT2D eigenvalue weighted by Gasteiger charge is -2.12. The molecular formula is C16H13BrClN3. The molecule has 0 radical (unpaired) electrons. The van der Waals surface area contributed by atoms with Gasteiger partial charge in [0.2, 0.25) is 5.28 Å². The molecule has 1 aromatic heterocycles. The van der Waals surface area contributed by atoms with Gasteiger partial charge in [-0.1, -0.05) is 53.2 Å². The highest BCUT2D eigenvalue weighted by atomic mass is 79.9. The van der Waals surface area contributed by atoms with E-state index in [0.29, 0.717) is 5.28 Å².